The first-order valence-electron chi connectivity index (χ1n) is 8.85. The van der Waals surface area contributed by atoms with Crippen molar-refractivity contribution < 1.29 is 13.9 Å². The van der Waals surface area contributed by atoms with Gasteiger partial charge in [-0.3, -0.25) is 4.79 Å². The Morgan fingerprint density at radius 3 is 2.70 bits per heavy atom. The highest BCUT2D eigenvalue weighted by molar-refractivity contribution is 6.35. The number of benzene rings is 2. The second kappa shape index (κ2) is 8.52. The van der Waals surface area contributed by atoms with Crippen LogP contribution in [0.25, 0.3) is 22.7 Å². The van der Waals surface area contributed by atoms with E-state index in [1.165, 1.54) is 0 Å². The lowest BCUT2D eigenvalue weighted by Crippen LogP contribution is -2.30. The third kappa shape index (κ3) is 4.36. The molecule has 1 atom stereocenters. The molecule has 0 fully saturated rings. The van der Waals surface area contributed by atoms with Gasteiger partial charge in [0.05, 0.1) is 15.6 Å². The molecule has 1 amide bonds. The predicted octanol–water partition coefficient (Wildman–Crippen LogP) is 6.26. The lowest BCUT2D eigenvalue weighted by atomic mass is 10.2. The number of nitrogens with one attached hydrogen (secondary N) is 1. The molecule has 0 aliphatic carbocycles. The fraction of sp³-hybridized carbons (Fsp3) is 0.0952. The third-order valence-corrected chi connectivity index (χ3v) is 5.06. The van der Waals surface area contributed by atoms with Crippen LogP contribution in [0.3, 0.4) is 0 Å². The number of halogens is 3. The first-order valence-corrected chi connectivity index (χ1v) is 9.98. The van der Waals surface area contributed by atoms with Gasteiger partial charge < -0.3 is 14.5 Å². The molecule has 9 heteroatoms. The number of hydrogen-bond acceptors (Lipinski definition) is 5. The molecular weight excluding hydrogens is 449 g/mol. The number of ether oxygens (including phenoxy) is 1. The summed E-state index contributed by atoms with van der Waals surface area (Å²) >= 11 is 18.3. The zero-order valence-corrected chi connectivity index (χ0v) is 17.8. The fourth-order valence-corrected chi connectivity index (χ4v) is 3.36. The van der Waals surface area contributed by atoms with Crippen molar-refractivity contribution in [1.82, 2.24) is 9.97 Å². The largest absolute Gasteiger partial charge is 0.479 e. The van der Waals surface area contributed by atoms with Gasteiger partial charge >= 0.3 is 0 Å². The number of amides is 1. The van der Waals surface area contributed by atoms with Crippen LogP contribution in [-0.4, -0.2) is 22.0 Å². The molecule has 0 saturated carbocycles. The maximum Gasteiger partial charge on any atom is 0.265 e. The highest BCUT2D eigenvalue weighted by Crippen LogP contribution is 2.32. The average Bonchev–Trinajstić information content (AvgIpc) is 3.15. The van der Waals surface area contributed by atoms with Crippen LogP contribution in [0.2, 0.25) is 15.1 Å². The van der Waals surface area contributed by atoms with Crippen LogP contribution in [0.4, 0.5) is 5.69 Å². The summed E-state index contributed by atoms with van der Waals surface area (Å²) in [6.07, 6.45) is 0.817. The molecule has 4 aromatic rings. The second-order valence-corrected chi connectivity index (χ2v) is 7.61. The van der Waals surface area contributed by atoms with Crippen LogP contribution in [0.1, 0.15) is 6.92 Å². The zero-order valence-electron chi connectivity index (χ0n) is 15.5. The molecule has 4 rings (SSSR count). The Balaban J connectivity index is 1.53. The molecule has 1 N–H and O–H groups in total. The summed E-state index contributed by atoms with van der Waals surface area (Å²) in [4.78, 5) is 21.1. The lowest BCUT2D eigenvalue weighted by Gasteiger charge is -2.16. The van der Waals surface area contributed by atoms with E-state index in [1.807, 2.05) is 0 Å². The lowest BCUT2D eigenvalue weighted by molar-refractivity contribution is -0.122. The summed E-state index contributed by atoms with van der Waals surface area (Å²) in [6.45, 7) is 1.61. The quantitative estimate of drug-likeness (QED) is 0.379. The molecule has 2 aromatic heterocycles. The number of nitrogens with zero attached hydrogens (tertiary/aromatic N) is 2. The maximum absolute atomic E-state index is 12.6. The Kier molecular flexibility index (Phi) is 5.81. The molecule has 2 heterocycles. The van der Waals surface area contributed by atoms with Gasteiger partial charge in [-0.15, -0.1) is 0 Å². The number of hydrogen-bond donors (Lipinski definition) is 1. The van der Waals surface area contributed by atoms with Crippen LogP contribution in [0, 0.1) is 0 Å². The van der Waals surface area contributed by atoms with E-state index in [2.05, 4.69) is 15.3 Å². The minimum atomic E-state index is -0.809. The van der Waals surface area contributed by atoms with E-state index in [-0.39, 0.29) is 5.91 Å². The van der Waals surface area contributed by atoms with E-state index in [9.17, 15) is 4.79 Å². The van der Waals surface area contributed by atoms with Crippen molar-refractivity contribution >= 4 is 57.6 Å². The van der Waals surface area contributed by atoms with Crippen molar-refractivity contribution in [2.75, 3.05) is 5.32 Å². The van der Waals surface area contributed by atoms with Crippen LogP contribution in [-0.2, 0) is 4.79 Å². The minimum Gasteiger partial charge on any atom is -0.479 e. The molecule has 0 aliphatic rings. The van der Waals surface area contributed by atoms with Gasteiger partial charge in [0.25, 0.3) is 5.91 Å². The molecule has 0 unspecified atom stereocenters. The number of pyridine rings is 1. The van der Waals surface area contributed by atoms with Gasteiger partial charge in [0.1, 0.15) is 5.75 Å². The van der Waals surface area contributed by atoms with Crippen molar-refractivity contribution in [3.63, 3.8) is 0 Å². The van der Waals surface area contributed by atoms with Crippen molar-refractivity contribution in [2.24, 2.45) is 0 Å². The van der Waals surface area contributed by atoms with Crippen molar-refractivity contribution in [3.8, 4) is 17.2 Å². The van der Waals surface area contributed by atoms with Crippen molar-refractivity contribution in [1.29, 1.82) is 0 Å². The topological polar surface area (TPSA) is 77.2 Å². The Morgan fingerprint density at radius 1 is 1.10 bits per heavy atom. The molecule has 0 aliphatic heterocycles. The summed E-state index contributed by atoms with van der Waals surface area (Å²) in [7, 11) is 0. The Bertz CT molecular complexity index is 1210. The Hall–Kier alpha value is -2.80. The monoisotopic (exact) mass is 461 g/mol. The van der Waals surface area contributed by atoms with Gasteiger partial charge in [-0.25, -0.2) is 4.98 Å². The molecule has 0 spiro atoms. The van der Waals surface area contributed by atoms with Gasteiger partial charge in [-0.2, -0.15) is 4.98 Å². The molecule has 152 valence electrons. The van der Waals surface area contributed by atoms with Gasteiger partial charge in [0.15, 0.2) is 17.3 Å². The van der Waals surface area contributed by atoms with Gasteiger partial charge in [-0.1, -0.05) is 34.8 Å². The summed E-state index contributed by atoms with van der Waals surface area (Å²) < 4.78 is 11.4. The third-order valence-electron chi connectivity index (χ3n) is 4.20. The zero-order chi connectivity index (χ0) is 21.3. The van der Waals surface area contributed by atoms with Crippen LogP contribution < -0.4 is 10.1 Å². The number of carbonyl (C=O) groups is 1. The highest BCUT2D eigenvalue weighted by atomic mass is 35.5. The van der Waals surface area contributed by atoms with E-state index < -0.39 is 6.10 Å². The van der Waals surface area contributed by atoms with E-state index in [4.69, 9.17) is 44.0 Å². The maximum atomic E-state index is 12.6. The highest BCUT2D eigenvalue weighted by Gasteiger charge is 2.18. The first kappa shape index (κ1) is 20.5. The molecule has 0 bridgehead atoms. The van der Waals surface area contributed by atoms with E-state index in [0.717, 1.165) is 0 Å². The number of carbonyl (C=O) groups excluding carboxylic acids is 1. The van der Waals surface area contributed by atoms with Crippen LogP contribution in [0.5, 0.6) is 5.75 Å². The Labute approximate surface area is 186 Å². The number of rotatable bonds is 5. The predicted molar refractivity (Wildman–Crippen MR) is 117 cm³/mol. The second-order valence-electron chi connectivity index (χ2n) is 6.36. The normalized spacial score (nSPS) is 12.0. The van der Waals surface area contributed by atoms with Crippen molar-refractivity contribution in [3.05, 3.63) is 69.8 Å². The standard InChI is InChI=1S/C21H14Cl3N3O3/c1-11(29-17-7-4-12(22)9-16(17)24)20(28)26-13-5-6-15(23)14(10-13)21-27-19-18(30-21)3-2-8-25-19/h2-11H,1H3,(H,26,28)/t11-/m1/s1. The first-order chi connectivity index (χ1) is 14.4. The van der Waals surface area contributed by atoms with Crippen LogP contribution >= 0.6 is 34.8 Å². The minimum absolute atomic E-state index is 0.307. The van der Waals surface area contributed by atoms with E-state index in [0.29, 0.717) is 49.2 Å². The number of fused-ring (bicyclic) bond motifs is 1. The molecule has 30 heavy (non-hydrogen) atoms. The van der Waals surface area contributed by atoms with E-state index in [1.54, 1.807) is 61.7 Å². The van der Waals surface area contributed by atoms with Gasteiger partial charge in [0.2, 0.25) is 5.89 Å². The fourth-order valence-electron chi connectivity index (χ4n) is 2.71. The van der Waals surface area contributed by atoms with Gasteiger partial charge in [0, 0.05) is 16.9 Å². The summed E-state index contributed by atoms with van der Waals surface area (Å²) in [6, 6.07) is 13.3. The molecule has 0 radical (unpaired) electrons. The van der Waals surface area contributed by atoms with E-state index >= 15 is 0 Å². The molecule has 0 saturated heterocycles. The smallest absolute Gasteiger partial charge is 0.265 e. The summed E-state index contributed by atoms with van der Waals surface area (Å²) in [5.41, 5.74) is 2.05. The number of anilines is 1. The summed E-state index contributed by atoms with van der Waals surface area (Å²) in [5, 5.41) is 4.01. The molecule has 6 nitrogen and oxygen atoms in total. The summed E-state index contributed by atoms with van der Waals surface area (Å²) in [5.74, 6) is 0.301. The number of oxazole rings is 1. The Morgan fingerprint density at radius 2 is 1.93 bits per heavy atom. The number of aromatic nitrogens is 2. The SMILES string of the molecule is C[C@@H](Oc1ccc(Cl)cc1Cl)C(=O)Nc1ccc(Cl)c(-c2nc3ncccc3o2)c1. The molecule has 2 aromatic carbocycles. The van der Waals surface area contributed by atoms with Gasteiger partial charge in [-0.05, 0) is 55.5 Å². The average molecular weight is 463 g/mol. The van der Waals surface area contributed by atoms with Crippen molar-refractivity contribution in [2.45, 2.75) is 13.0 Å². The van der Waals surface area contributed by atoms with Crippen LogP contribution in [0.15, 0.2) is 59.1 Å². The molecular formula is C21H14Cl3N3O3.